The summed E-state index contributed by atoms with van der Waals surface area (Å²) < 4.78 is 40.3. The van der Waals surface area contributed by atoms with Crippen LogP contribution < -0.4 is 5.73 Å². The standard InChI is InChI=1S/C12H16BrFN2O2S/c1-12(7-15)5-6-16(8-12)19(17,18)10-4-2-3-9(13)11(10)14/h2-4H,5-8,15H2,1H3. The fraction of sp³-hybridized carbons (Fsp3) is 0.500. The highest BCUT2D eigenvalue weighted by molar-refractivity contribution is 9.10. The van der Waals surface area contributed by atoms with Gasteiger partial charge in [-0.1, -0.05) is 13.0 Å². The van der Waals surface area contributed by atoms with Crippen molar-refractivity contribution in [2.75, 3.05) is 19.6 Å². The summed E-state index contributed by atoms with van der Waals surface area (Å²) in [7, 11) is -3.80. The molecule has 0 amide bonds. The van der Waals surface area contributed by atoms with E-state index in [0.717, 1.165) is 0 Å². The molecular weight excluding hydrogens is 335 g/mol. The van der Waals surface area contributed by atoms with Crippen LogP contribution in [0.15, 0.2) is 27.6 Å². The van der Waals surface area contributed by atoms with Gasteiger partial charge in [0.05, 0.1) is 4.47 Å². The first-order valence-corrected chi connectivity index (χ1v) is 8.18. The van der Waals surface area contributed by atoms with Crippen LogP contribution in [0.2, 0.25) is 0 Å². The lowest BCUT2D eigenvalue weighted by Crippen LogP contribution is -2.34. The maximum atomic E-state index is 13.9. The van der Waals surface area contributed by atoms with Crippen molar-refractivity contribution in [2.45, 2.75) is 18.2 Å². The van der Waals surface area contributed by atoms with E-state index in [1.165, 1.54) is 22.5 Å². The highest BCUT2D eigenvalue weighted by Gasteiger charge is 2.40. The van der Waals surface area contributed by atoms with Crippen LogP contribution in [-0.2, 0) is 10.0 Å². The van der Waals surface area contributed by atoms with Crippen LogP contribution in [0, 0.1) is 11.2 Å². The molecule has 0 aromatic heterocycles. The molecule has 1 aliphatic rings. The first-order chi connectivity index (χ1) is 8.80. The lowest BCUT2D eigenvalue weighted by molar-refractivity contribution is 0.349. The van der Waals surface area contributed by atoms with Crippen molar-refractivity contribution in [2.24, 2.45) is 11.1 Å². The summed E-state index contributed by atoms with van der Waals surface area (Å²) >= 11 is 3.01. The normalized spacial score (nSPS) is 24.8. The van der Waals surface area contributed by atoms with Crippen LogP contribution in [-0.4, -0.2) is 32.4 Å². The summed E-state index contributed by atoms with van der Waals surface area (Å²) in [6, 6.07) is 4.27. The second-order valence-electron chi connectivity index (χ2n) is 5.16. The third-order valence-corrected chi connectivity index (χ3v) is 6.02. The second kappa shape index (κ2) is 5.12. The molecule has 0 saturated carbocycles. The fourth-order valence-corrected chi connectivity index (χ4v) is 4.35. The molecule has 4 nitrogen and oxygen atoms in total. The predicted molar refractivity (Wildman–Crippen MR) is 74.6 cm³/mol. The van der Waals surface area contributed by atoms with Gasteiger partial charge in [-0.05, 0) is 46.4 Å². The van der Waals surface area contributed by atoms with Gasteiger partial charge >= 0.3 is 0 Å². The minimum Gasteiger partial charge on any atom is -0.330 e. The smallest absolute Gasteiger partial charge is 0.246 e. The van der Waals surface area contributed by atoms with E-state index in [0.29, 0.717) is 26.1 Å². The van der Waals surface area contributed by atoms with Crippen molar-refractivity contribution in [1.29, 1.82) is 0 Å². The number of nitrogens with zero attached hydrogens (tertiary/aromatic N) is 1. The summed E-state index contributed by atoms with van der Waals surface area (Å²) in [5.41, 5.74) is 5.44. The Morgan fingerprint density at radius 2 is 2.21 bits per heavy atom. The van der Waals surface area contributed by atoms with Gasteiger partial charge < -0.3 is 5.73 Å². The highest BCUT2D eigenvalue weighted by Crippen LogP contribution is 2.34. The summed E-state index contributed by atoms with van der Waals surface area (Å²) in [6.07, 6.45) is 0.693. The summed E-state index contributed by atoms with van der Waals surface area (Å²) in [5, 5.41) is 0. The molecule has 2 N–H and O–H groups in total. The molecule has 1 unspecified atom stereocenters. The van der Waals surface area contributed by atoms with E-state index in [2.05, 4.69) is 15.9 Å². The third kappa shape index (κ3) is 2.69. The first kappa shape index (κ1) is 14.9. The molecule has 1 fully saturated rings. The van der Waals surface area contributed by atoms with E-state index >= 15 is 0 Å². The number of hydrogen-bond acceptors (Lipinski definition) is 3. The Hall–Kier alpha value is -0.500. The van der Waals surface area contributed by atoms with Crippen molar-refractivity contribution in [1.82, 2.24) is 4.31 Å². The molecule has 0 spiro atoms. The van der Waals surface area contributed by atoms with E-state index in [9.17, 15) is 12.8 Å². The van der Waals surface area contributed by atoms with Crippen molar-refractivity contribution in [3.8, 4) is 0 Å². The predicted octanol–water partition coefficient (Wildman–Crippen LogP) is 1.95. The zero-order valence-corrected chi connectivity index (χ0v) is 13.0. The van der Waals surface area contributed by atoms with Crippen LogP contribution in [0.5, 0.6) is 0 Å². The summed E-state index contributed by atoms with van der Waals surface area (Å²) in [5.74, 6) is -0.746. The molecule has 0 aliphatic carbocycles. The van der Waals surface area contributed by atoms with Gasteiger partial charge in [0.25, 0.3) is 0 Å². The van der Waals surface area contributed by atoms with Crippen LogP contribution in [0.25, 0.3) is 0 Å². The van der Waals surface area contributed by atoms with Crippen LogP contribution in [0.4, 0.5) is 4.39 Å². The topological polar surface area (TPSA) is 63.4 Å². The minimum absolute atomic E-state index is 0.148. The van der Waals surface area contributed by atoms with E-state index < -0.39 is 15.8 Å². The number of hydrogen-bond donors (Lipinski definition) is 1. The Morgan fingerprint density at radius 3 is 2.79 bits per heavy atom. The van der Waals surface area contributed by atoms with Gasteiger partial charge in [0.15, 0.2) is 5.82 Å². The molecular formula is C12H16BrFN2O2S. The number of nitrogens with two attached hydrogens (primary N) is 1. The van der Waals surface area contributed by atoms with Gasteiger partial charge in [-0.15, -0.1) is 0 Å². The third-order valence-electron chi connectivity index (χ3n) is 3.55. The quantitative estimate of drug-likeness (QED) is 0.905. The molecule has 1 heterocycles. The Labute approximate surface area is 121 Å². The molecule has 0 radical (unpaired) electrons. The molecule has 1 aromatic rings. The molecule has 19 heavy (non-hydrogen) atoms. The van der Waals surface area contributed by atoms with Crippen molar-refractivity contribution in [3.05, 3.63) is 28.5 Å². The largest absolute Gasteiger partial charge is 0.330 e. The zero-order valence-electron chi connectivity index (χ0n) is 10.6. The Balaban J connectivity index is 2.37. The molecule has 1 saturated heterocycles. The molecule has 2 rings (SSSR count). The van der Waals surface area contributed by atoms with Crippen molar-refractivity contribution < 1.29 is 12.8 Å². The summed E-state index contributed by atoms with van der Waals surface area (Å²) in [4.78, 5) is -0.289. The van der Waals surface area contributed by atoms with Crippen molar-refractivity contribution >= 4 is 26.0 Å². The van der Waals surface area contributed by atoms with Gasteiger partial charge in [0, 0.05) is 13.1 Å². The zero-order chi connectivity index (χ0) is 14.3. The number of rotatable bonds is 3. The fourth-order valence-electron chi connectivity index (χ4n) is 2.17. The van der Waals surface area contributed by atoms with Gasteiger partial charge in [-0.3, -0.25) is 0 Å². The van der Waals surface area contributed by atoms with Gasteiger partial charge in [-0.25, -0.2) is 12.8 Å². The Bertz CT molecular complexity index is 593. The van der Waals surface area contributed by atoms with Crippen LogP contribution >= 0.6 is 15.9 Å². The van der Waals surface area contributed by atoms with Gasteiger partial charge in [0.1, 0.15) is 4.90 Å². The molecule has 1 atom stereocenters. The van der Waals surface area contributed by atoms with Gasteiger partial charge in [0.2, 0.25) is 10.0 Å². The SMILES string of the molecule is CC1(CN)CCN(S(=O)(=O)c2cccc(Br)c2F)C1. The monoisotopic (exact) mass is 350 g/mol. The van der Waals surface area contributed by atoms with E-state index in [1.807, 2.05) is 6.92 Å². The average Bonchev–Trinajstić information content (AvgIpc) is 2.77. The average molecular weight is 351 g/mol. The molecule has 0 bridgehead atoms. The highest BCUT2D eigenvalue weighted by atomic mass is 79.9. The van der Waals surface area contributed by atoms with Crippen LogP contribution in [0.3, 0.4) is 0 Å². The molecule has 106 valence electrons. The van der Waals surface area contributed by atoms with Crippen molar-refractivity contribution in [3.63, 3.8) is 0 Å². The van der Waals surface area contributed by atoms with Gasteiger partial charge in [-0.2, -0.15) is 4.31 Å². The lowest BCUT2D eigenvalue weighted by Gasteiger charge is -2.22. The number of sulfonamides is 1. The Kier molecular flexibility index (Phi) is 4.02. The maximum Gasteiger partial charge on any atom is 0.246 e. The summed E-state index contributed by atoms with van der Waals surface area (Å²) in [6.45, 7) is 3.07. The van der Waals surface area contributed by atoms with E-state index in [-0.39, 0.29) is 14.8 Å². The lowest BCUT2D eigenvalue weighted by atomic mass is 9.90. The second-order valence-corrected chi connectivity index (χ2v) is 7.92. The van der Waals surface area contributed by atoms with E-state index in [4.69, 9.17) is 5.73 Å². The van der Waals surface area contributed by atoms with Crippen LogP contribution in [0.1, 0.15) is 13.3 Å². The van der Waals surface area contributed by atoms with E-state index in [1.54, 1.807) is 0 Å². The minimum atomic E-state index is -3.80. The number of halogens is 2. The first-order valence-electron chi connectivity index (χ1n) is 5.94. The molecule has 1 aliphatic heterocycles. The number of benzene rings is 1. The molecule has 7 heteroatoms. The Morgan fingerprint density at radius 1 is 1.53 bits per heavy atom. The molecule has 1 aromatic carbocycles. The maximum absolute atomic E-state index is 13.9.